The zero-order valence-electron chi connectivity index (χ0n) is 12.2. The van der Waals surface area contributed by atoms with E-state index < -0.39 is 0 Å². The van der Waals surface area contributed by atoms with Crippen LogP contribution in [0.2, 0.25) is 0 Å². The molecule has 2 rings (SSSR count). The van der Waals surface area contributed by atoms with Crippen molar-refractivity contribution in [2.45, 2.75) is 32.7 Å². The summed E-state index contributed by atoms with van der Waals surface area (Å²) in [5.41, 5.74) is 2.38. The average Bonchev–Trinajstić information content (AvgIpc) is 2.85. The zero-order chi connectivity index (χ0) is 14.4. The molecule has 0 radical (unpaired) electrons. The number of aromatic nitrogens is 2. The number of thiazole rings is 1. The number of hydrogen-bond donors (Lipinski definition) is 1. The second-order valence-electron chi connectivity index (χ2n) is 4.73. The Hall–Kier alpha value is -1.46. The number of nitrogens with zero attached hydrogens (tertiary/aromatic N) is 2. The molecule has 2 heterocycles. The zero-order valence-corrected chi connectivity index (χ0v) is 13.0. The Morgan fingerprint density at radius 1 is 1.35 bits per heavy atom. The number of aryl methyl sites for hydroxylation is 1. The third-order valence-electron chi connectivity index (χ3n) is 3.10. The lowest BCUT2D eigenvalue weighted by molar-refractivity contribution is 0.397. The summed E-state index contributed by atoms with van der Waals surface area (Å²) in [6.45, 7) is 5.13. The van der Waals surface area contributed by atoms with Crippen LogP contribution in [0.25, 0.3) is 0 Å². The Kier molecular flexibility index (Phi) is 5.49. The molecule has 20 heavy (non-hydrogen) atoms. The quantitative estimate of drug-likeness (QED) is 0.852. The van der Waals surface area contributed by atoms with E-state index in [1.807, 2.05) is 19.2 Å². The van der Waals surface area contributed by atoms with Gasteiger partial charge in [0.15, 0.2) is 0 Å². The normalized spacial score (nSPS) is 12.3. The number of hydrogen-bond acceptors (Lipinski definition) is 5. The van der Waals surface area contributed by atoms with Gasteiger partial charge in [0.2, 0.25) is 5.88 Å². The molecule has 1 atom stereocenters. The van der Waals surface area contributed by atoms with Gasteiger partial charge in [0.25, 0.3) is 0 Å². The Bertz CT molecular complexity index is 524. The number of methoxy groups -OCH3 is 1. The van der Waals surface area contributed by atoms with Crippen LogP contribution in [-0.4, -0.2) is 29.7 Å². The monoisotopic (exact) mass is 291 g/mol. The van der Waals surface area contributed by atoms with Gasteiger partial charge < -0.3 is 10.1 Å². The van der Waals surface area contributed by atoms with Crippen molar-refractivity contribution < 1.29 is 4.74 Å². The van der Waals surface area contributed by atoms with Crippen LogP contribution in [-0.2, 0) is 12.8 Å². The van der Waals surface area contributed by atoms with Crippen LogP contribution < -0.4 is 10.1 Å². The van der Waals surface area contributed by atoms with E-state index >= 15 is 0 Å². The molecule has 5 heteroatoms. The summed E-state index contributed by atoms with van der Waals surface area (Å²) >= 11 is 1.71. The maximum absolute atomic E-state index is 5.08. The molecule has 1 unspecified atom stereocenters. The molecule has 4 nitrogen and oxygen atoms in total. The van der Waals surface area contributed by atoms with Crippen LogP contribution in [0, 0.1) is 6.92 Å². The molecule has 0 aromatic carbocycles. The number of nitrogens with one attached hydrogen (secondary N) is 1. The highest BCUT2D eigenvalue weighted by atomic mass is 32.1. The van der Waals surface area contributed by atoms with Gasteiger partial charge in [-0.15, -0.1) is 11.3 Å². The number of pyridine rings is 1. The molecule has 0 aliphatic heterocycles. The predicted molar refractivity (Wildman–Crippen MR) is 82.5 cm³/mol. The van der Waals surface area contributed by atoms with Crippen molar-refractivity contribution >= 4 is 11.3 Å². The molecule has 0 amide bonds. The summed E-state index contributed by atoms with van der Waals surface area (Å²) in [5, 5.41) is 6.79. The van der Waals surface area contributed by atoms with Crippen molar-refractivity contribution in [1.82, 2.24) is 15.3 Å². The molecule has 0 fully saturated rings. The Morgan fingerprint density at radius 2 is 2.20 bits per heavy atom. The van der Waals surface area contributed by atoms with E-state index in [4.69, 9.17) is 4.74 Å². The Morgan fingerprint density at radius 3 is 2.75 bits per heavy atom. The standard InChI is InChI=1S/C15H21N3OS/c1-4-16-13(8-14-10-20-11(2)18-14)7-12-5-6-15(19-3)17-9-12/h5-6,9-10,13,16H,4,7-8H2,1-3H3. The van der Waals surface area contributed by atoms with E-state index in [0.717, 1.165) is 24.4 Å². The Balaban J connectivity index is 2.00. The molecule has 0 aliphatic rings. The highest BCUT2D eigenvalue weighted by molar-refractivity contribution is 7.09. The molecule has 2 aromatic rings. The molecule has 0 saturated heterocycles. The van der Waals surface area contributed by atoms with Crippen molar-refractivity contribution in [1.29, 1.82) is 0 Å². The van der Waals surface area contributed by atoms with Crippen molar-refractivity contribution in [3.63, 3.8) is 0 Å². The van der Waals surface area contributed by atoms with Gasteiger partial charge in [0.1, 0.15) is 0 Å². The minimum Gasteiger partial charge on any atom is -0.481 e. The van der Waals surface area contributed by atoms with E-state index in [2.05, 4.69) is 33.7 Å². The molecule has 108 valence electrons. The first-order chi connectivity index (χ1) is 9.71. The lowest BCUT2D eigenvalue weighted by Gasteiger charge is -2.17. The summed E-state index contributed by atoms with van der Waals surface area (Å²) in [7, 11) is 1.63. The van der Waals surface area contributed by atoms with E-state index in [-0.39, 0.29) is 0 Å². The van der Waals surface area contributed by atoms with Crippen molar-refractivity contribution in [2.75, 3.05) is 13.7 Å². The fraction of sp³-hybridized carbons (Fsp3) is 0.467. The second kappa shape index (κ2) is 7.36. The van der Waals surface area contributed by atoms with Crippen molar-refractivity contribution in [3.05, 3.63) is 40.0 Å². The number of rotatable bonds is 7. The topological polar surface area (TPSA) is 47.0 Å². The van der Waals surface area contributed by atoms with Gasteiger partial charge in [-0.3, -0.25) is 0 Å². The van der Waals surface area contributed by atoms with Gasteiger partial charge in [0.05, 0.1) is 17.8 Å². The molecule has 0 aliphatic carbocycles. The summed E-state index contributed by atoms with van der Waals surface area (Å²) < 4.78 is 5.08. The van der Waals surface area contributed by atoms with Gasteiger partial charge in [-0.1, -0.05) is 13.0 Å². The lowest BCUT2D eigenvalue weighted by atomic mass is 10.0. The summed E-state index contributed by atoms with van der Waals surface area (Å²) in [5.74, 6) is 0.656. The first-order valence-electron chi connectivity index (χ1n) is 6.84. The van der Waals surface area contributed by atoms with Gasteiger partial charge >= 0.3 is 0 Å². The average molecular weight is 291 g/mol. The van der Waals surface area contributed by atoms with Crippen LogP contribution in [0.5, 0.6) is 5.88 Å². The van der Waals surface area contributed by atoms with Crippen molar-refractivity contribution in [2.24, 2.45) is 0 Å². The highest BCUT2D eigenvalue weighted by Gasteiger charge is 2.12. The summed E-state index contributed by atoms with van der Waals surface area (Å²) in [4.78, 5) is 8.80. The van der Waals surface area contributed by atoms with E-state index in [1.54, 1.807) is 18.4 Å². The van der Waals surface area contributed by atoms with Crippen LogP contribution in [0.4, 0.5) is 0 Å². The van der Waals surface area contributed by atoms with E-state index in [0.29, 0.717) is 11.9 Å². The SMILES string of the molecule is CCNC(Cc1ccc(OC)nc1)Cc1csc(C)n1. The molecule has 1 N–H and O–H groups in total. The summed E-state index contributed by atoms with van der Waals surface area (Å²) in [6, 6.07) is 4.37. The second-order valence-corrected chi connectivity index (χ2v) is 5.79. The highest BCUT2D eigenvalue weighted by Crippen LogP contribution is 2.13. The third kappa shape index (κ3) is 4.28. The largest absolute Gasteiger partial charge is 0.481 e. The first kappa shape index (κ1) is 14.9. The molecule has 0 bridgehead atoms. The van der Waals surface area contributed by atoms with Gasteiger partial charge in [-0.05, 0) is 25.5 Å². The first-order valence-corrected chi connectivity index (χ1v) is 7.72. The number of ether oxygens (including phenoxy) is 1. The Labute approximate surface area is 124 Å². The maximum atomic E-state index is 5.08. The van der Waals surface area contributed by atoms with E-state index in [1.165, 1.54) is 11.3 Å². The van der Waals surface area contributed by atoms with E-state index in [9.17, 15) is 0 Å². The van der Waals surface area contributed by atoms with Gasteiger partial charge in [-0.25, -0.2) is 9.97 Å². The van der Waals surface area contributed by atoms with Crippen LogP contribution in [0.15, 0.2) is 23.7 Å². The minimum absolute atomic E-state index is 0.386. The summed E-state index contributed by atoms with van der Waals surface area (Å²) in [6.07, 6.45) is 3.78. The van der Waals surface area contributed by atoms with Crippen LogP contribution in [0.3, 0.4) is 0 Å². The fourth-order valence-electron chi connectivity index (χ4n) is 2.20. The lowest BCUT2D eigenvalue weighted by Crippen LogP contribution is -2.33. The third-order valence-corrected chi connectivity index (χ3v) is 3.93. The van der Waals surface area contributed by atoms with Gasteiger partial charge in [0, 0.05) is 30.1 Å². The minimum atomic E-state index is 0.386. The predicted octanol–water partition coefficient (Wildman–Crippen LogP) is 2.62. The molecule has 2 aromatic heterocycles. The van der Waals surface area contributed by atoms with Crippen molar-refractivity contribution in [3.8, 4) is 5.88 Å². The van der Waals surface area contributed by atoms with Gasteiger partial charge in [-0.2, -0.15) is 0 Å². The number of likely N-dealkylation sites (N-methyl/N-ethyl adjacent to an activating group) is 1. The van der Waals surface area contributed by atoms with Crippen LogP contribution >= 0.6 is 11.3 Å². The molecule has 0 spiro atoms. The fourth-order valence-corrected chi connectivity index (χ4v) is 2.82. The molecular weight excluding hydrogens is 270 g/mol. The van der Waals surface area contributed by atoms with Crippen LogP contribution in [0.1, 0.15) is 23.2 Å². The smallest absolute Gasteiger partial charge is 0.212 e. The molecule has 0 saturated carbocycles. The molecular formula is C15H21N3OS. The maximum Gasteiger partial charge on any atom is 0.212 e.